The van der Waals surface area contributed by atoms with Crippen LogP contribution in [0.3, 0.4) is 0 Å². The van der Waals surface area contributed by atoms with Crippen molar-refractivity contribution in [3.63, 3.8) is 0 Å². The van der Waals surface area contributed by atoms with Gasteiger partial charge in [0.2, 0.25) is 0 Å². The fourth-order valence-corrected chi connectivity index (χ4v) is 2.55. The molecule has 1 aliphatic rings. The Balaban J connectivity index is 1.95. The molecule has 1 N–H and O–H groups in total. The molecular weight excluding hydrogens is 272 g/mol. The van der Waals surface area contributed by atoms with Gasteiger partial charge in [0.25, 0.3) is 0 Å². The molecule has 0 aromatic carbocycles. The Kier molecular flexibility index (Phi) is 3.92. The Bertz CT molecular complexity index is 620. The van der Waals surface area contributed by atoms with Gasteiger partial charge in [0.05, 0.1) is 0 Å². The molecule has 0 saturated carbocycles. The number of rotatable bonds is 4. The molecule has 0 bridgehead atoms. The molecule has 2 aromatic rings. The Labute approximate surface area is 121 Å². The number of carboxylic acids is 1. The summed E-state index contributed by atoms with van der Waals surface area (Å²) >= 11 is 0. The first kappa shape index (κ1) is 13.7. The van der Waals surface area contributed by atoms with E-state index >= 15 is 0 Å². The zero-order valence-electron chi connectivity index (χ0n) is 11.5. The van der Waals surface area contributed by atoms with E-state index in [0.717, 1.165) is 31.6 Å². The van der Waals surface area contributed by atoms with E-state index in [0.29, 0.717) is 18.2 Å². The van der Waals surface area contributed by atoms with Gasteiger partial charge >= 0.3 is 5.97 Å². The normalized spacial score (nSPS) is 16.0. The summed E-state index contributed by atoms with van der Waals surface area (Å²) < 4.78 is 7.04. The second-order valence-corrected chi connectivity index (χ2v) is 5.07. The first-order valence-corrected chi connectivity index (χ1v) is 6.90. The monoisotopic (exact) mass is 288 g/mol. The number of hydrogen-bond acceptors (Lipinski definition) is 5. The van der Waals surface area contributed by atoms with Crippen LogP contribution in [0.25, 0.3) is 11.3 Å². The van der Waals surface area contributed by atoms with Crippen molar-refractivity contribution < 1.29 is 14.6 Å². The quantitative estimate of drug-likeness (QED) is 0.916. The van der Waals surface area contributed by atoms with Gasteiger partial charge in [0.15, 0.2) is 5.69 Å². The highest BCUT2D eigenvalue weighted by Gasteiger charge is 2.23. The van der Waals surface area contributed by atoms with E-state index in [1.54, 1.807) is 29.2 Å². The number of ether oxygens (including phenoxy) is 1. The van der Waals surface area contributed by atoms with Crippen LogP contribution in [0.5, 0.6) is 0 Å². The van der Waals surface area contributed by atoms with Crippen LogP contribution in [-0.2, 0) is 11.3 Å². The highest BCUT2D eigenvalue weighted by atomic mass is 16.5. The van der Waals surface area contributed by atoms with Crippen molar-refractivity contribution in [3.05, 3.63) is 30.2 Å². The molecule has 2 aromatic heterocycles. The Hall–Kier alpha value is -2.28. The van der Waals surface area contributed by atoms with Crippen LogP contribution in [0, 0.1) is 5.92 Å². The van der Waals surface area contributed by atoms with E-state index in [9.17, 15) is 9.90 Å². The zero-order valence-corrected chi connectivity index (χ0v) is 11.5. The van der Waals surface area contributed by atoms with Crippen molar-refractivity contribution in [3.8, 4) is 11.3 Å². The first-order valence-electron chi connectivity index (χ1n) is 6.90. The first-order chi connectivity index (χ1) is 10.3. The van der Waals surface area contributed by atoms with Crippen molar-refractivity contribution in [2.45, 2.75) is 19.4 Å². The maximum absolute atomic E-state index is 11.3. The third-order valence-corrected chi connectivity index (χ3v) is 3.66. The molecule has 0 aliphatic carbocycles. The van der Waals surface area contributed by atoms with Crippen molar-refractivity contribution >= 4 is 5.97 Å². The molecule has 0 unspecified atom stereocenters. The molecule has 0 amide bonds. The minimum atomic E-state index is -1.07. The molecular formula is C14H16N4O3. The lowest BCUT2D eigenvalue weighted by Gasteiger charge is -2.22. The van der Waals surface area contributed by atoms with Gasteiger partial charge in [-0.05, 0) is 30.9 Å². The molecule has 0 spiro atoms. The number of nitrogens with zero attached hydrogens (tertiary/aromatic N) is 4. The minimum absolute atomic E-state index is 0.0201. The van der Waals surface area contributed by atoms with Gasteiger partial charge in [-0.1, -0.05) is 5.21 Å². The van der Waals surface area contributed by atoms with Crippen molar-refractivity contribution in [1.82, 2.24) is 20.0 Å². The lowest BCUT2D eigenvalue weighted by atomic mass is 10.00. The largest absolute Gasteiger partial charge is 0.476 e. The second kappa shape index (κ2) is 6.01. The van der Waals surface area contributed by atoms with Crippen molar-refractivity contribution in [2.24, 2.45) is 5.92 Å². The van der Waals surface area contributed by atoms with Crippen LogP contribution in [0.1, 0.15) is 23.3 Å². The van der Waals surface area contributed by atoms with Gasteiger partial charge in [0, 0.05) is 37.7 Å². The zero-order chi connectivity index (χ0) is 14.7. The number of pyridine rings is 1. The van der Waals surface area contributed by atoms with Gasteiger partial charge in [-0.3, -0.25) is 4.98 Å². The van der Waals surface area contributed by atoms with Crippen molar-refractivity contribution in [1.29, 1.82) is 0 Å². The minimum Gasteiger partial charge on any atom is -0.476 e. The topological polar surface area (TPSA) is 90.1 Å². The van der Waals surface area contributed by atoms with Crippen LogP contribution in [0.15, 0.2) is 24.5 Å². The number of carbonyl (C=O) groups is 1. The predicted octanol–water partition coefficient (Wildman–Crippen LogP) is 1.46. The van der Waals surface area contributed by atoms with Gasteiger partial charge < -0.3 is 9.84 Å². The fourth-order valence-electron chi connectivity index (χ4n) is 2.55. The average Bonchev–Trinajstić information content (AvgIpc) is 2.93. The molecule has 7 nitrogen and oxygen atoms in total. The molecule has 0 atom stereocenters. The molecule has 3 rings (SSSR count). The van der Waals surface area contributed by atoms with Crippen LogP contribution in [0.4, 0.5) is 0 Å². The summed E-state index contributed by atoms with van der Waals surface area (Å²) in [5.41, 5.74) is 1.28. The van der Waals surface area contributed by atoms with Crippen LogP contribution < -0.4 is 0 Å². The molecule has 0 radical (unpaired) electrons. The number of hydrogen-bond donors (Lipinski definition) is 1. The highest BCUT2D eigenvalue weighted by Crippen LogP contribution is 2.24. The lowest BCUT2D eigenvalue weighted by molar-refractivity contribution is 0.0601. The summed E-state index contributed by atoms with van der Waals surface area (Å²) in [7, 11) is 0. The number of carboxylic acid groups (broad SMARTS) is 1. The summed E-state index contributed by atoms with van der Waals surface area (Å²) in [6.07, 6.45) is 5.18. The summed E-state index contributed by atoms with van der Waals surface area (Å²) in [6, 6.07) is 3.54. The molecule has 21 heavy (non-hydrogen) atoms. The van der Waals surface area contributed by atoms with Crippen LogP contribution >= 0.6 is 0 Å². The standard InChI is InChI=1S/C14H16N4O3/c19-14(20)12-13(11-1-5-15-6-2-11)18(17-16-12)9-10-3-7-21-8-4-10/h1-2,5-6,10H,3-4,7-9H2,(H,19,20). The van der Waals surface area contributed by atoms with E-state index < -0.39 is 5.97 Å². The van der Waals surface area contributed by atoms with Gasteiger partial charge in [-0.2, -0.15) is 0 Å². The highest BCUT2D eigenvalue weighted by molar-refractivity contribution is 5.92. The third-order valence-electron chi connectivity index (χ3n) is 3.66. The molecule has 3 heterocycles. The second-order valence-electron chi connectivity index (χ2n) is 5.07. The molecule has 1 fully saturated rings. The van der Waals surface area contributed by atoms with E-state index in [4.69, 9.17) is 4.74 Å². The van der Waals surface area contributed by atoms with Crippen molar-refractivity contribution in [2.75, 3.05) is 13.2 Å². The molecule has 7 heteroatoms. The molecule has 1 saturated heterocycles. The average molecular weight is 288 g/mol. The molecule has 110 valence electrons. The van der Waals surface area contributed by atoms with Gasteiger partial charge in [-0.15, -0.1) is 5.10 Å². The Morgan fingerprint density at radius 3 is 2.71 bits per heavy atom. The van der Waals surface area contributed by atoms with E-state index in [1.165, 1.54) is 0 Å². The maximum Gasteiger partial charge on any atom is 0.358 e. The molecule has 1 aliphatic heterocycles. The smallest absolute Gasteiger partial charge is 0.358 e. The summed E-state index contributed by atoms with van der Waals surface area (Å²) in [5.74, 6) is -0.636. The van der Waals surface area contributed by atoms with E-state index in [1.807, 2.05) is 0 Å². The maximum atomic E-state index is 11.3. The third kappa shape index (κ3) is 2.92. The fraction of sp³-hybridized carbons (Fsp3) is 0.429. The summed E-state index contributed by atoms with van der Waals surface area (Å²) in [5, 5.41) is 17.1. The number of aromatic carboxylic acids is 1. The Morgan fingerprint density at radius 2 is 2.05 bits per heavy atom. The number of aromatic nitrogens is 4. The van der Waals surface area contributed by atoms with E-state index in [-0.39, 0.29) is 5.69 Å². The SMILES string of the molecule is O=C(O)c1nnn(CC2CCOCC2)c1-c1ccncc1. The van der Waals surface area contributed by atoms with E-state index in [2.05, 4.69) is 15.3 Å². The predicted molar refractivity (Wildman–Crippen MR) is 73.8 cm³/mol. The lowest BCUT2D eigenvalue weighted by Crippen LogP contribution is -2.21. The summed E-state index contributed by atoms with van der Waals surface area (Å²) in [6.45, 7) is 2.15. The van der Waals surface area contributed by atoms with Crippen LogP contribution in [0.2, 0.25) is 0 Å². The van der Waals surface area contributed by atoms with Crippen LogP contribution in [-0.4, -0.2) is 44.3 Å². The Morgan fingerprint density at radius 1 is 1.33 bits per heavy atom. The van der Waals surface area contributed by atoms with Gasteiger partial charge in [0.1, 0.15) is 5.69 Å². The summed E-state index contributed by atoms with van der Waals surface area (Å²) in [4.78, 5) is 15.3. The van der Waals surface area contributed by atoms with Gasteiger partial charge in [-0.25, -0.2) is 9.48 Å².